The Hall–Kier alpha value is -1.60. The van der Waals surface area contributed by atoms with Crippen molar-refractivity contribution in [3.05, 3.63) is 16.0 Å². The van der Waals surface area contributed by atoms with Crippen molar-refractivity contribution in [3.8, 4) is 0 Å². The minimum absolute atomic E-state index is 0.205. The molecule has 3 amide bonds. The number of thiophene rings is 1. The Kier molecular flexibility index (Phi) is 3.53. The van der Waals surface area contributed by atoms with Gasteiger partial charge in [0.15, 0.2) is 0 Å². The molecule has 0 bridgehead atoms. The van der Waals surface area contributed by atoms with E-state index in [0.29, 0.717) is 9.34 Å². The van der Waals surface area contributed by atoms with E-state index in [0.717, 1.165) is 11.3 Å². The zero-order chi connectivity index (χ0) is 13.3. The Morgan fingerprint density at radius 1 is 1.56 bits per heavy atom. The average Bonchev–Trinajstić information content (AvgIpc) is 2.62. The van der Waals surface area contributed by atoms with Crippen LogP contribution in [0.1, 0.15) is 23.2 Å². The maximum atomic E-state index is 11.9. The van der Waals surface area contributed by atoms with E-state index in [1.54, 1.807) is 0 Å². The molecule has 0 spiro atoms. The highest BCUT2D eigenvalue weighted by Crippen LogP contribution is 2.28. The number of imide groups is 1. The molecule has 1 unspecified atom stereocenters. The van der Waals surface area contributed by atoms with E-state index in [1.807, 2.05) is 0 Å². The van der Waals surface area contributed by atoms with Crippen LogP contribution in [0.4, 0.5) is 5.00 Å². The number of hydrogen-bond acceptors (Lipinski definition) is 5. The highest BCUT2D eigenvalue weighted by molar-refractivity contribution is 7.20. The first kappa shape index (κ1) is 12.8. The summed E-state index contributed by atoms with van der Waals surface area (Å²) in [5, 5.41) is 4.98. The monoisotopic (exact) mass is 287 g/mol. The molecule has 1 aromatic rings. The van der Waals surface area contributed by atoms with Gasteiger partial charge in [-0.1, -0.05) is 11.6 Å². The molecule has 8 heteroatoms. The number of rotatable bonds is 2. The van der Waals surface area contributed by atoms with Crippen molar-refractivity contribution < 1.29 is 14.4 Å². The standard InChI is InChI=1S/C10H10ClN3O3S/c11-6-3-4(8(12)18-6)9(16)13-5-1-2-7(15)14-10(5)17/h3,5H,1-2,12H2,(H,13,16)(H,14,15,17). The predicted octanol–water partition coefficient (Wildman–Crippen LogP) is 0.519. The van der Waals surface area contributed by atoms with Crippen molar-refractivity contribution in [3.63, 3.8) is 0 Å². The fraction of sp³-hybridized carbons (Fsp3) is 0.300. The summed E-state index contributed by atoms with van der Waals surface area (Å²) < 4.78 is 0.404. The Morgan fingerprint density at radius 3 is 2.83 bits per heavy atom. The van der Waals surface area contributed by atoms with Gasteiger partial charge in [-0.25, -0.2) is 0 Å². The van der Waals surface area contributed by atoms with E-state index in [2.05, 4.69) is 10.6 Å². The molecule has 0 aromatic carbocycles. The lowest BCUT2D eigenvalue weighted by atomic mass is 10.1. The quantitative estimate of drug-likeness (QED) is 0.690. The number of nitrogens with two attached hydrogens (primary N) is 1. The molecular formula is C10H10ClN3O3S. The fourth-order valence-corrected chi connectivity index (χ4v) is 2.63. The Morgan fingerprint density at radius 2 is 2.28 bits per heavy atom. The van der Waals surface area contributed by atoms with Crippen molar-refractivity contribution in [2.75, 3.05) is 5.73 Å². The molecule has 2 heterocycles. The van der Waals surface area contributed by atoms with Gasteiger partial charge in [0.2, 0.25) is 11.8 Å². The molecule has 2 rings (SSSR count). The first-order valence-electron chi connectivity index (χ1n) is 5.16. The molecule has 0 saturated carbocycles. The minimum atomic E-state index is -0.715. The van der Waals surface area contributed by atoms with Gasteiger partial charge in [0, 0.05) is 6.42 Å². The molecule has 6 nitrogen and oxygen atoms in total. The van der Waals surface area contributed by atoms with E-state index in [4.69, 9.17) is 17.3 Å². The number of amides is 3. The molecule has 0 radical (unpaired) electrons. The summed E-state index contributed by atoms with van der Waals surface area (Å²) in [6.45, 7) is 0. The number of halogens is 1. The molecule has 1 aromatic heterocycles. The van der Waals surface area contributed by atoms with Gasteiger partial charge in [-0.3, -0.25) is 19.7 Å². The van der Waals surface area contributed by atoms with E-state index >= 15 is 0 Å². The Balaban J connectivity index is 2.06. The van der Waals surface area contributed by atoms with Crippen LogP contribution in [0.5, 0.6) is 0 Å². The van der Waals surface area contributed by atoms with Gasteiger partial charge in [-0.05, 0) is 12.5 Å². The van der Waals surface area contributed by atoms with Crippen LogP contribution in [0.25, 0.3) is 0 Å². The van der Waals surface area contributed by atoms with Crippen molar-refractivity contribution in [2.24, 2.45) is 0 Å². The lowest BCUT2D eigenvalue weighted by Crippen LogP contribution is -2.52. The smallest absolute Gasteiger partial charge is 0.254 e. The SMILES string of the molecule is Nc1sc(Cl)cc1C(=O)NC1CCC(=O)NC1=O. The maximum Gasteiger partial charge on any atom is 0.254 e. The molecule has 1 aliphatic rings. The highest BCUT2D eigenvalue weighted by atomic mass is 35.5. The third-order valence-corrected chi connectivity index (χ3v) is 3.61. The minimum Gasteiger partial charge on any atom is -0.390 e. The molecule has 96 valence electrons. The molecule has 1 fully saturated rings. The zero-order valence-electron chi connectivity index (χ0n) is 9.16. The first-order chi connectivity index (χ1) is 8.47. The van der Waals surface area contributed by atoms with E-state index in [1.165, 1.54) is 6.07 Å². The summed E-state index contributed by atoms with van der Waals surface area (Å²) in [5.41, 5.74) is 5.87. The van der Waals surface area contributed by atoms with Gasteiger partial charge >= 0.3 is 0 Å². The van der Waals surface area contributed by atoms with Crippen LogP contribution in [-0.4, -0.2) is 23.8 Å². The number of carbonyl (C=O) groups is 3. The molecular weight excluding hydrogens is 278 g/mol. The lowest BCUT2D eigenvalue weighted by molar-refractivity contribution is -0.134. The zero-order valence-corrected chi connectivity index (χ0v) is 10.7. The van der Waals surface area contributed by atoms with Gasteiger partial charge in [0.25, 0.3) is 5.91 Å². The average molecular weight is 288 g/mol. The predicted molar refractivity (Wildman–Crippen MR) is 67.4 cm³/mol. The van der Waals surface area contributed by atoms with Gasteiger partial charge in [0.05, 0.1) is 9.90 Å². The Labute approximate surface area is 111 Å². The van der Waals surface area contributed by atoms with E-state index < -0.39 is 17.9 Å². The summed E-state index contributed by atoms with van der Waals surface area (Å²) in [5.74, 6) is -1.30. The van der Waals surface area contributed by atoms with Gasteiger partial charge < -0.3 is 11.1 Å². The molecule has 18 heavy (non-hydrogen) atoms. The second-order valence-corrected chi connectivity index (χ2v) is 5.52. The van der Waals surface area contributed by atoms with Crippen LogP contribution in [-0.2, 0) is 9.59 Å². The number of carbonyl (C=O) groups excluding carboxylic acids is 3. The summed E-state index contributed by atoms with van der Waals surface area (Å²) in [4.78, 5) is 34.3. The number of anilines is 1. The van der Waals surface area contributed by atoms with Crippen molar-refractivity contribution in [1.82, 2.24) is 10.6 Å². The van der Waals surface area contributed by atoms with Crippen molar-refractivity contribution >= 4 is 45.7 Å². The third-order valence-electron chi connectivity index (χ3n) is 2.52. The van der Waals surface area contributed by atoms with Crippen LogP contribution in [0.15, 0.2) is 6.07 Å². The second kappa shape index (κ2) is 4.95. The maximum absolute atomic E-state index is 11.9. The van der Waals surface area contributed by atoms with Crippen molar-refractivity contribution in [1.29, 1.82) is 0 Å². The van der Waals surface area contributed by atoms with Crippen molar-refractivity contribution in [2.45, 2.75) is 18.9 Å². The summed E-state index contributed by atoms with van der Waals surface area (Å²) >= 11 is 6.82. The summed E-state index contributed by atoms with van der Waals surface area (Å²) in [6.07, 6.45) is 0.491. The van der Waals surface area contributed by atoms with E-state index in [-0.39, 0.29) is 24.3 Å². The number of hydrogen-bond donors (Lipinski definition) is 3. The van der Waals surface area contributed by atoms with Crippen LogP contribution in [0.2, 0.25) is 4.34 Å². The van der Waals surface area contributed by atoms with E-state index in [9.17, 15) is 14.4 Å². The normalized spacial score (nSPS) is 19.5. The number of piperidine rings is 1. The first-order valence-corrected chi connectivity index (χ1v) is 6.36. The highest BCUT2D eigenvalue weighted by Gasteiger charge is 2.28. The molecule has 4 N–H and O–H groups in total. The van der Waals surface area contributed by atoms with Crippen LogP contribution < -0.4 is 16.4 Å². The van der Waals surface area contributed by atoms with Crippen LogP contribution in [0, 0.1) is 0 Å². The second-order valence-electron chi connectivity index (χ2n) is 3.81. The number of nitrogens with one attached hydrogen (secondary N) is 2. The largest absolute Gasteiger partial charge is 0.390 e. The molecule has 1 atom stereocenters. The Bertz CT molecular complexity index is 528. The lowest BCUT2D eigenvalue weighted by Gasteiger charge is -2.21. The summed E-state index contributed by atoms with van der Waals surface area (Å²) in [6, 6.07) is 0.733. The molecule has 0 aliphatic carbocycles. The molecule has 1 aliphatic heterocycles. The fourth-order valence-electron chi connectivity index (χ4n) is 1.62. The third kappa shape index (κ3) is 2.62. The van der Waals surface area contributed by atoms with Crippen LogP contribution >= 0.6 is 22.9 Å². The van der Waals surface area contributed by atoms with Crippen LogP contribution in [0.3, 0.4) is 0 Å². The summed E-state index contributed by atoms with van der Waals surface area (Å²) in [7, 11) is 0. The molecule has 1 saturated heterocycles. The van der Waals surface area contributed by atoms with Gasteiger partial charge in [0.1, 0.15) is 11.0 Å². The van der Waals surface area contributed by atoms with Gasteiger partial charge in [-0.2, -0.15) is 0 Å². The topological polar surface area (TPSA) is 101 Å². The van der Waals surface area contributed by atoms with Gasteiger partial charge in [-0.15, -0.1) is 11.3 Å². The number of nitrogen functional groups attached to an aromatic ring is 1.